The Kier molecular flexibility index (Phi) is 7.57. The van der Waals surface area contributed by atoms with Gasteiger partial charge in [-0.25, -0.2) is 0 Å². The van der Waals surface area contributed by atoms with E-state index in [1.807, 2.05) is 0 Å². The van der Waals surface area contributed by atoms with Crippen molar-refractivity contribution in [2.24, 2.45) is 0 Å². The number of para-hydroxylation sites is 2. The minimum atomic E-state index is 0.824. The van der Waals surface area contributed by atoms with Crippen molar-refractivity contribution in [2.45, 2.75) is 0 Å². The molecule has 290 valence electrons. The lowest BCUT2D eigenvalue weighted by Crippen LogP contribution is -2.10. The Morgan fingerprint density at radius 3 is 1.05 bits per heavy atom. The van der Waals surface area contributed by atoms with Gasteiger partial charge in [-0.2, -0.15) is 0 Å². The van der Waals surface area contributed by atoms with Gasteiger partial charge in [-0.1, -0.05) is 146 Å². The lowest BCUT2D eigenvalue weighted by Gasteiger charge is -2.27. The van der Waals surface area contributed by atoms with E-state index in [1.54, 1.807) is 0 Å². The molecule has 4 nitrogen and oxygen atoms in total. The third-order valence-electron chi connectivity index (χ3n) is 12.5. The second-order valence-corrected chi connectivity index (χ2v) is 16.1. The summed E-state index contributed by atoms with van der Waals surface area (Å²) in [6, 6.07) is 77.8. The smallest absolute Gasteiger partial charge is 0.138 e. The zero-order chi connectivity index (χ0) is 40.7. The molecule has 0 fully saturated rings. The van der Waals surface area contributed by atoms with E-state index in [4.69, 9.17) is 8.83 Å². The first kappa shape index (κ1) is 34.5. The van der Waals surface area contributed by atoms with Crippen molar-refractivity contribution in [3.05, 3.63) is 218 Å². The van der Waals surface area contributed by atoms with Gasteiger partial charge in [0, 0.05) is 67.2 Å². The van der Waals surface area contributed by atoms with Gasteiger partial charge in [0.05, 0.1) is 11.4 Å². The minimum absolute atomic E-state index is 0.824. The molecule has 0 atom stereocenters. The Balaban J connectivity index is 1.04. The fraction of sp³-hybridized carbons (Fsp3) is 0. The summed E-state index contributed by atoms with van der Waals surface area (Å²) in [5, 5.41) is 13.5. The lowest BCUT2D eigenvalue weighted by atomic mass is 9.98. The molecule has 13 aromatic rings. The summed E-state index contributed by atoms with van der Waals surface area (Å²) in [5.41, 5.74) is 9.71. The van der Waals surface area contributed by atoms with Crippen LogP contribution in [0.25, 0.3) is 87.0 Å². The molecular weight excluding hydrogens is 757 g/mol. The van der Waals surface area contributed by atoms with Gasteiger partial charge in [-0.3, -0.25) is 0 Å². The molecule has 0 spiro atoms. The van der Waals surface area contributed by atoms with Gasteiger partial charge in [0.1, 0.15) is 22.3 Å². The molecule has 0 saturated carbocycles. The predicted octanol–water partition coefficient (Wildman–Crippen LogP) is 17.0. The van der Waals surface area contributed by atoms with E-state index in [0.717, 1.165) is 99.5 Å². The van der Waals surface area contributed by atoms with E-state index >= 15 is 0 Å². The van der Waals surface area contributed by atoms with Gasteiger partial charge in [-0.05, 0) is 93.0 Å². The molecule has 13 rings (SSSR count). The van der Waals surface area contributed by atoms with Crippen LogP contribution in [0, 0.1) is 0 Å². The summed E-state index contributed by atoms with van der Waals surface area (Å²) in [6.45, 7) is 0. The molecule has 0 radical (unpaired) electrons. The molecular formula is C58H36N2O2. The first-order valence-electron chi connectivity index (χ1n) is 21.1. The standard InChI is InChI=1S/C58H36N2O2/c1-3-19-41(20-4-1)59(43-29-27-37-15-7-9-17-39(37)31-43)51-35-55-57(47-25-13-11-23-45(47)51)49-33-54-50(34-53(49)61-55)58-48-26-14-12-24-46(48)52(36-56(58)62-54)60(42-21-5-2-6-22-42)44-30-28-38-16-8-10-18-40(38)32-44/h1-36H. The number of hydrogen-bond donors (Lipinski definition) is 0. The highest BCUT2D eigenvalue weighted by Crippen LogP contribution is 2.49. The normalized spacial score (nSPS) is 11.9. The van der Waals surface area contributed by atoms with E-state index in [2.05, 4.69) is 228 Å². The van der Waals surface area contributed by atoms with Crippen molar-refractivity contribution >= 4 is 121 Å². The summed E-state index contributed by atoms with van der Waals surface area (Å²) < 4.78 is 13.9. The van der Waals surface area contributed by atoms with Crippen LogP contribution in [0.5, 0.6) is 0 Å². The number of benzene rings is 11. The molecule has 0 saturated heterocycles. The van der Waals surface area contributed by atoms with Gasteiger partial charge < -0.3 is 18.6 Å². The van der Waals surface area contributed by atoms with Crippen LogP contribution in [0.3, 0.4) is 0 Å². The average molecular weight is 793 g/mol. The summed E-state index contributed by atoms with van der Waals surface area (Å²) in [6.07, 6.45) is 0. The van der Waals surface area contributed by atoms with Crippen molar-refractivity contribution in [2.75, 3.05) is 9.80 Å². The van der Waals surface area contributed by atoms with E-state index in [-0.39, 0.29) is 0 Å². The molecule has 0 aliphatic carbocycles. The van der Waals surface area contributed by atoms with Crippen molar-refractivity contribution in [3.8, 4) is 0 Å². The van der Waals surface area contributed by atoms with E-state index in [9.17, 15) is 0 Å². The van der Waals surface area contributed by atoms with Crippen LogP contribution >= 0.6 is 0 Å². The highest BCUT2D eigenvalue weighted by atomic mass is 16.3. The Morgan fingerprint density at radius 2 is 0.613 bits per heavy atom. The van der Waals surface area contributed by atoms with Crippen molar-refractivity contribution in [1.82, 2.24) is 0 Å². The zero-order valence-electron chi connectivity index (χ0n) is 33.5. The molecule has 11 aromatic carbocycles. The van der Waals surface area contributed by atoms with Gasteiger partial charge in [-0.15, -0.1) is 0 Å². The average Bonchev–Trinajstić information content (AvgIpc) is 3.88. The maximum atomic E-state index is 6.97. The third kappa shape index (κ3) is 5.33. The second-order valence-electron chi connectivity index (χ2n) is 16.1. The van der Waals surface area contributed by atoms with Crippen LogP contribution in [0.1, 0.15) is 0 Å². The number of hydrogen-bond acceptors (Lipinski definition) is 4. The Hall–Kier alpha value is -8.34. The topological polar surface area (TPSA) is 32.8 Å². The molecule has 2 heterocycles. The van der Waals surface area contributed by atoms with Crippen LogP contribution in [0.2, 0.25) is 0 Å². The molecule has 62 heavy (non-hydrogen) atoms. The fourth-order valence-electron chi connectivity index (χ4n) is 9.75. The number of anilines is 6. The van der Waals surface area contributed by atoms with E-state index in [0.29, 0.717) is 0 Å². The number of furan rings is 2. The first-order valence-corrected chi connectivity index (χ1v) is 21.1. The molecule has 2 aromatic heterocycles. The lowest BCUT2D eigenvalue weighted by molar-refractivity contribution is 0.664. The molecule has 0 aliphatic heterocycles. The van der Waals surface area contributed by atoms with Gasteiger partial charge in [0.15, 0.2) is 0 Å². The van der Waals surface area contributed by atoms with E-state index < -0.39 is 0 Å². The molecule has 4 heteroatoms. The van der Waals surface area contributed by atoms with Crippen molar-refractivity contribution in [3.63, 3.8) is 0 Å². The number of fused-ring (bicyclic) bond motifs is 12. The largest absolute Gasteiger partial charge is 0.456 e. The Labute approximate surface area is 356 Å². The summed E-state index contributed by atoms with van der Waals surface area (Å²) in [7, 11) is 0. The van der Waals surface area contributed by atoms with Crippen LogP contribution in [0.4, 0.5) is 34.1 Å². The molecule has 0 aliphatic rings. The first-order chi connectivity index (χ1) is 30.7. The van der Waals surface area contributed by atoms with Crippen molar-refractivity contribution < 1.29 is 8.83 Å². The maximum absolute atomic E-state index is 6.97. The zero-order valence-corrected chi connectivity index (χ0v) is 33.5. The quantitative estimate of drug-likeness (QED) is 0.168. The van der Waals surface area contributed by atoms with Gasteiger partial charge >= 0.3 is 0 Å². The predicted molar refractivity (Wildman–Crippen MR) is 260 cm³/mol. The summed E-state index contributed by atoms with van der Waals surface area (Å²) in [4.78, 5) is 4.70. The van der Waals surface area contributed by atoms with Crippen LogP contribution in [-0.2, 0) is 0 Å². The van der Waals surface area contributed by atoms with Gasteiger partial charge in [0.2, 0.25) is 0 Å². The number of nitrogens with zero attached hydrogens (tertiary/aromatic N) is 2. The number of rotatable bonds is 6. The minimum Gasteiger partial charge on any atom is -0.456 e. The van der Waals surface area contributed by atoms with Crippen molar-refractivity contribution in [1.29, 1.82) is 0 Å². The van der Waals surface area contributed by atoms with Crippen LogP contribution in [0.15, 0.2) is 227 Å². The second kappa shape index (κ2) is 13.6. The van der Waals surface area contributed by atoms with Crippen LogP contribution < -0.4 is 9.80 Å². The molecule has 0 N–H and O–H groups in total. The van der Waals surface area contributed by atoms with E-state index in [1.165, 1.54) is 21.5 Å². The Morgan fingerprint density at radius 1 is 0.242 bits per heavy atom. The highest BCUT2D eigenvalue weighted by Gasteiger charge is 2.24. The van der Waals surface area contributed by atoms with Gasteiger partial charge in [0.25, 0.3) is 0 Å². The summed E-state index contributed by atoms with van der Waals surface area (Å²) in [5.74, 6) is 0. The SMILES string of the molecule is c1ccc(N(c2ccc3ccccc3c2)c2cc3oc4cc5c(cc4c3c3ccccc23)oc2cc(N(c3ccccc3)c3ccc4ccccc4c3)c3ccccc3c25)cc1. The van der Waals surface area contributed by atoms with Crippen LogP contribution in [-0.4, -0.2) is 0 Å². The monoisotopic (exact) mass is 792 g/mol. The highest BCUT2D eigenvalue weighted by molar-refractivity contribution is 6.28. The third-order valence-corrected chi connectivity index (χ3v) is 12.5. The Bertz CT molecular complexity index is 3630. The molecule has 0 unspecified atom stereocenters. The molecule has 0 bridgehead atoms. The maximum Gasteiger partial charge on any atom is 0.138 e. The summed E-state index contributed by atoms with van der Waals surface area (Å²) >= 11 is 0. The molecule has 0 amide bonds. The fourth-order valence-corrected chi connectivity index (χ4v) is 9.75.